The van der Waals surface area contributed by atoms with E-state index in [1.54, 1.807) is 40.1 Å². The maximum Gasteiger partial charge on any atom is 0.247 e. The first kappa shape index (κ1) is 26.2. The first-order chi connectivity index (χ1) is 17.4. The molecule has 1 saturated heterocycles. The molecule has 0 aliphatic carbocycles. The average molecular weight is 506 g/mol. The van der Waals surface area contributed by atoms with Crippen molar-refractivity contribution in [1.29, 1.82) is 0 Å². The third-order valence-corrected chi connectivity index (χ3v) is 6.69. The second-order valence-electron chi connectivity index (χ2n) is 10.6. The van der Waals surface area contributed by atoms with Gasteiger partial charge in [-0.05, 0) is 56.6 Å². The van der Waals surface area contributed by atoms with Crippen LogP contribution in [0.2, 0.25) is 0 Å². The number of nitrogens with one attached hydrogen (secondary N) is 1. The molecule has 1 aromatic carbocycles. The summed E-state index contributed by atoms with van der Waals surface area (Å²) in [5, 5.41) is 11.1. The minimum absolute atomic E-state index is 0.123. The van der Waals surface area contributed by atoms with E-state index in [9.17, 15) is 14.0 Å². The van der Waals surface area contributed by atoms with Crippen molar-refractivity contribution in [3.05, 3.63) is 66.0 Å². The molecule has 4 heterocycles. The standard InChI is InChI=1S/C17H16FN3O.C10H16N4O/c1-17(2,3)14-8-15(11-4-6-12(18)7-5-11)20-21-9-13(10-22)19-16(14)21;1-10(2)9(15)14(5-4-13(10)3)8-6-11-12-7-8/h4-10H,1-3H3;6-7H,4-5H2,1-3H3,(H,11,12). The summed E-state index contributed by atoms with van der Waals surface area (Å²) < 4.78 is 14.7. The van der Waals surface area contributed by atoms with Gasteiger partial charge < -0.3 is 4.90 Å². The van der Waals surface area contributed by atoms with Crippen molar-refractivity contribution in [2.75, 3.05) is 25.0 Å². The van der Waals surface area contributed by atoms with Gasteiger partial charge in [0, 0.05) is 30.4 Å². The average Bonchev–Trinajstić information content (AvgIpc) is 3.52. The summed E-state index contributed by atoms with van der Waals surface area (Å²) >= 11 is 0. The van der Waals surface area contributed by atoms with Gasteiger partial charge in [-0.2, -0.15) is 10.2 Å². The second-order valence-corrected chi connectivity index (χ2v) is 10.6. The lowest BCUT2D eigenvalue weighted by atomic mass is 9.87. The number of fused-ring (bicyclic) bond motifs is 1. The van der Waals surface area contributed by atoms with Crippen LogP contribution in [0, 0.1) is 5.82 Å². The second kappa shape index (κ2) is 9.85. The summed E-state index contributed by atoms with van der Waals surface area (Å²) in [6, 6.07) is 8.14. The largest absolute Gasteiger partial charge is 0.307 e. The van der Waals surface area contributed by atoms with Gasteiger partial charge in [0.1, 0.15) is 11.5 Å². The molecule has 194 valence electrons. The molecule has 1 amide bonds. The van der Waals surface area contributed by atoms with Crippen LogP contribution in [0.25, 0.3) is 16.9 Å². The van der Waals surface area contributed by atoms with Crippen molar-refractivity contribution in [3.8, 4) is 11.3 Å². The van der Waals surface area contributed by atoms with E-state index in [2.05, 4.69) is 46.0 Å². The van der Waals surface area contributed by atoms with Crippen LogP contribution in [-0.2, 0) is 10.2 Å². The lowest BCUT2D eigenvalue weighted by Crippen LogP contribution is -2.61. The zero-order chi connectivity index (χ0) is 27.0. The Morgan fingerprint density at radius 3 is 2.43 bits per heavy atom. The number of H-pyrrole nitrogens is 1. The summed E-state index contributed by atoms with van der Waals surface area (Å²) in [6.07, 6.45) is 5.74. The zero-order valence-electron chi connectivity index (χ0n) is 22.0. The van der Waals surface area contributed by atoms with Crippen molar-refractivity contribution in [2.45, 2.75) is 45.6 Å². The van der Waals surface area contributed by atoms with Crippen molar-refractivity contribution in [3.63, 3.8) is 0 Å². The van der Waals surface area contributed by atoms with E-state index in [1.807, 2.05) is 27.0 Å². The van der Waals surface area contributed by atoms with Crippen molar-refractivity contribution in [2.24, 2.45) is 0 Å². The Morgan fingerprint density at radius 1 is 1.14 bits per heavy atom. The quantitative estimate of drug-likeness (QED) is 0.421. The van der Waals surface area contributed by atoms with Gasteiger partial charge >= 0.3 is 0 Å². The molecule has 37 heavy (non-hydrogen) atoms. The number of carbonyl (C=O) groups excluding carboxylic acids is 2. The van der Waals surface area contributed by atoms with E-state index in [-0.39, 0.29) is 17.1 Å². The topological polar surface area (TPSA) is 99.5 Å². The molecule has 1 N–H and O–H groups in total. The molecule has 0 spiro atoms. The number of aldehydes is 1. The number of hydrogen-bond donors (Lipinski definition) is 1. The molecule has 9 nitrogen and oxygen atoms in total. The van der Waals surface area contributed by atoms with E-state index >= 15 is 0 Å². The Labute approximate surface area is 215 Å². The number of likely N-dealkylation sites (N-methyl/N-ethyl adjacent to an activating group) is 1. The van der Waals surface area contributed by atoms with Crippen LogP contribution in [-0.4, -0.2) is 67.6 Å². The first-order valence-corrected chi connectivity index (χ1v) is 12.1. The summed E-state index contributed by atoms with van der Waals surface area (Å²) in [5.41, 5.74) is 3.77. The number of aromatic amines is 1. The summed E-state index contributed by atoms with van der Waals surface area (Å²) in [6.45, 7) is 11.7. The Balaban J connectivity index is 0.000000186. The van der Waals surface area contributed by atoms with Crippen LogP contribution in [0.4, 0.5) is 10.1 Å². The number of benzene rings is 1. The number of imidazole rings is 1. The molecular formula is C27H32FN7O2. The number of piperazine rings is 1. The van der Waals surface area contributed by atoms with Crippen molar-refractivity contribution in [1.82, 2.24) is 29.7 Å². The maximum absolute atomic E-state index is 13.1. The number of anilines is 1. The Bertz CT molecular complexity index is 1400. The monoisotopic (exact) mass is 505 g/mol. The van der Waals surface area contributed by atoms with E-state index in [0.717, 1.165) is 29.9 Å². The summed E-state index contributed by atoms with van der Waals surface area (Å²) in [5.74, 6) is -0.163. The SMILES string of the molecule is CC(C)(C)c1cc(-c2ccc(F)cc2)nn2cc(C=O)nc12.CN1CCN(c2cn[nH]c2)C(=O)C1(C)C. The Hall–Kier alpha value is -3.92. The third-order valence-electron chi connectivity index (χ3n) is 6.69. The van der Waals surface area contributed by atoms with E-state index in [1.165, 1.54) is 12.1 Å². The van der Waals surface area contributed by atoms with Crippen LogP contribution < -0.4 is 4.90 Å². The van der Waals surface area contributed by atoms with Crippen LogP contribution in [0.3, 0.4) is 0 Å². The Kier molecular flexibility index (Phi) is 6.96. The molecule has 0 atom stereocenters. The highest BCUT2D eigenvalue weighted by Gasteiger charge is 2.40. The molecule has 0 bridgehead atoms. The van der Waals surface area contributed by atoms with Gasteiger partial charge in [-0.3, -0.25) is 19.6 Å². The number of carbonyl (C=O) groups is 2. The lowest BCUT2D eigenvalue weighted by Gasteiger charge is -2.43. The number of aromatic nitrogens is 5. The van der Waals surface area contributed by atoms with Gasteiger partial charge in [-0.1, -0.05) is 20.8 Å². The number of amides is 1. The molecule has 1 fully saturated rings. The summed E-state index contributed by atoms with van der Waals surface area (Å²) in [4.78, 5) is 31.4. The van der Waals surface area contributed by atoms with E-state index in [4.69, 9.17) is 0 Å². The predicted molar refractivity (Wildman–Crippen MR) is 140 cm³/mol. The van der Waals surface area contributed by atoms with Crippen LogP contribution in [0.5, 0.6) is 0 Å². The molecule has 1 aliphatic heterocycles. The van der Waals surface area contributed by atoms with E-state index < -0.39 is 5.54 Å². The molecule has 10 heteroatoms. The molecule has 1 aliphatic rings. The number of nitrogens with zero attached hydrogens (tertiary/aromatic N) is 6. The highest BCUT2D eigenvalue weighted by Crippen LogP contribution is 2.30. The van der Waals surface area contributed by atoms with Gasteiger partial charge in [0.2, 0.25) is 5.91 Å². The third kappa shape index (κ3) is 5.29. The highest BCUT2D eigenvalue weighted by molar-refractivity contribution is 6.00. The van der Waals surface area contributed by atoms with Crippen LogP contribution >= 0.6 is 0 Å². The zero-order valence-corrected chi connectivity index (χ0v) is 22.0. The fourth-order valence-electron chi connectivity index (χ4n) is 4.13. The minimum Gasteiger partial charge on any atom is -0.307 e. The molecule has 5 rings (SSSR count). The summed E-state index contributed by atoms with van der Waals surface area (Å²) in [7, 11) is 1.98. The highest BCUT2D eigenvalue weighted by atomic mass is 19.1. The molecule has 0 radical (unpaired) electrons. The lowest BCUT2D eigenvalue weighted by molar-refractivity contribution is -0.130. The van der Waals surface area contributed by atoms with Gasteiger partial charge in [0.15, 0.2) is 11.9 Å². The molecule has 0 unspecified atom stereocenters. The number of hydrogen-bond acceptors (Lipinski definition) is 6. The van der Waals surface area contributed by atoms with Crippen LogP contribution in [0.15, 0.2) is 48.9 Å². The normalized spacial score (nSPS) is 16.0. The molecular weight excluding hydrogens is 473 g/mol. The number of rotatable bonds is 3. The Morgan fingerprint density at radius 2 is 1.84 bits per heavy atom. The van der Waals surface area contributed by atoms with Crippen LogP contribution in [0.1, 0.15) is 50.7 Å². The van der Waals surface area contributed by atoms with Crippen molar-refractivity contribution < 1.29 is 14.0 Å². The van der Waals surface area contributed by atoms with Gasteiger partial charge in [-0.25, -0.2) is 13.9 Å². The fraction of sp³-hybridized carbons (Fsp3) is 0.370. The van der Waals surface area contributed by atoms with Crippen molar-refractivity contribution >= 4 is 23.5 Å². The molecule has 3 aromatic heterocycles. The smallest absolute Gasteiger partial charge is 0.247 e. The fourth-order valence-corrected chi connectivity index (χ4v) is 4.13. The minimum atomic E-state index is -0.435. The molecule has 0 saturated carbocycles. The van der Waals surface area contributed by atoms with E-state index in [0.29, 0.717) is 23.3 Å². The first-order valence-electron chi connectivity index (χ1n) is 12.1. The van der Waals surface area contributed by atoms with Gasteiger partial charge in [0.05, 0.1) is 29.3 Å². The number of halogens is 1. The van der Waals surface area contributed by atoms with Gasteiger partial charge in [-0.15, -0.1) is 0 Å². The predicted octanol–water partition coefficient (Wildman–Crippen LogP) is 4.11. The van der Waals surface area contributed by atoms with Gasteiger partial charge in [0.25, 0.3) is 0 Å². The maximum atomic E-state index is 13.1. The molecule has 4 aromatic rings.